The summed E-state index contributed by atoms with van der Waals surface area (Å²) in [7, 11) is 0. The van der Waals surface area contributed by atoms with Gasteiger partial charge in [0.15, 0.2) is 6.29 Å². The van der Waals surface area contributed by atoms with Gasteiger partial charge >= 0.3 is 0 Å². The second-order valence-corrected chi connectivity index (χ2v) is 3.53. The predicted molar refractivity (Wildman–Crippen MR) is 53.2 cm³/mol. The Hall–Kier alpha value is -1.36. The van der Waals surface area contributed by atoms with Gasteiger partial charge in [-0.05, 0) is 25.9 Å². The molecule has 1 aromatic rings. The summed E-state index contributed by atoms with van der Waals surface area (Å²) >= 11 is 0. The molecule has 0 spiro atoms. The molecule has 3 N–H and O–H groups in total. The van der Waals surface area contributed by atoms with Gasteiger partial charge < -0.3 is 11.1 Å². The topological polar surface area (TPSA) is 72.9 Å². The fourth-order valence-electron chi connectivity index (χ4n) is 1.82. The summed E-state index contributed by atoms with van der Waals surface area (Å²) in [6, 6.07) is 0.338. The lowest BCUT2D eigenvalue weighted by atomic mass is 10.1. The third-order valence-corrected chi connectivity index (χ3v) is 2.65. The van der Waals surface area contributed by atoms with Gasteiger partial charge in [0.25, 0.3) is 0 Å². The van der Waals surface area contributed by atoms with Crippen molar-refractivity contribution in [3.05, 3.63) is 11.8 Å². The van der Waals surface area contributed by atoms with Crippen molar-refractivity contribution < 1.29 is 4.79 Å². The molecule has 1 aliphatic heterocycles. The van der Waals surface area contributed by atoms with E-state index in [0.29, 0.717) is 17.4 Å². The van der Waals surface area contributed by atoms with Crippen molar-refractivity contribution in [3.63, 3.8) is 0 Å². The summed E-state index contributed by atoms with van der Waals surface area (Å²) in [5.74, 6) is 0.493. The maximum Gasteiger partial charge on any atom is 0.155 e. The molecule has 2 heterocycles. The van der Waals surface area contributed by atoms with Crippen molar-refractivity contribution in [1.29, 1.82) is 0 Å². The highest BCUT2D eigenvalue weighted by atomic mass is 16.1. The predicted octanol–water partition coefficient (Wildman–Crippen LogP) is 0.202. The van der Waals surface area contributed by atoms with Gasteiger partial charge in [-0.15, -0.1) is 0 Å². The molecule has 1 saturated heterocycles. The number of aldehydes is 1. The number of nitrogens with zero attached hydrogens (tertiary/aromatic N) is 2. The van der Waals surface area contributed by atoms with Gasteiger partial charge in [0.1, 0.15) is 5.82 Å². The zero-order valence-electron chi connectivity index (χ0n) is 7.94. The van der Waals surface area contributed by atoms with Crippen molar-refractivity contribution in [2.45, 2.75) is 18.9 Å². The molecule has 1 aliphatic rings. The Balaban J connectivity index is 2.22. The summed E-state index contributed by atoms with van der Waals surface area (Å²) in [4.78, 5) is 10.6. The minimum Gasteiger partial charge on any atom is -0.383 e. The van der Waals surface area contributed by atoms with Gasteiger partial charge in [0, 0.05) is 0 Å². The summed E-state index contributed by atoms with van der Waals surface area (Å²) in [5.41, 5.74) is 6.28. The smallest absolute Gasteiger partial charge is 0.155 e. The number of nitrogens with two attached hydrogens (primary N) is 1. The fraction of sp³-hybridized carbons (Fsp3) is 0.556. The number of piperidine rings is 1. The van der Waals surface area contributed by atoms with Crippen LogP contribution in [-0.4, -0.2) is 29.2 Å². The molecular formula is C9H14N4O. The van der Waals surface area contributed by atoms with Crippen LogP contribution in [0.1, 0.15) is 29.2 Å². The molecule has 5 heteroatoms. The number of nitrogen functional groups attached to an aromatic ring is 1. The van der Waals surface area contributed by atoms with E-state index >= 15 is 0 Å². The average Bonchev–Trinajstić information content (AvgIpc) is 2.61. The Morgan fingerprint density at radius 3 is 2.86 bits per heavy atom. The largest absolute Gasteiger partial charge is 0.383 e. The summed E-state index contributed by atoms with van der Waals surface area (Å²) in [6.07, 6.45) is 4.32. The van der Waals surface area contributed by atoms with Crippen molar-refractivity contribution >= 4 is 12.1 Å². The molecule has 0 radical (unpaired) electrons. The second-order valence-electron chi connectivity index (χ2n) is 3.53. The minimum atomic E-state index is 0.338. The van der Waals surface area contributed by atoms with Gasteiger partial charge in [-0.3, -0.25) is 4.79 Å². The lowest BCUT2D eigenvalue weighted by molar-refractivity contribution is 0.112. The van der Waals surface area contributed by atoms with Gasteiger partial charge in [0.05, 0.1) is 17.8 Å². The molecule has 5 nitrogen and oxygen atoms in total. The van der Waals surface area contributed by atoms with Gasteiger partial charge in [-0.1, -0.05) is 0 Å². The molecule has 0 amide bonds. The van der Waals surface area contributed by atoms with E-state index in [1.54, 1.807) is 4.68 Å². The molecule has 0 unspecified atom stereocenters. The van der Waals surface area contributed by atoms with Crippen LogP contribution in [0.3, 0.4) is 0 Å². The Bertz CT molecular complexity index is 328. The summed E-state index contributed by atoms with van der Waals surface area (Å²) in [6.45, 7) is 1.97. The van der Waals surface area contributed by atoms with Crippen LogP contribution in [0.5, 0.6) is 0 Å². The van der Waals surface area contributed by atoms with Crippen LogP contribution in [0, 0.1) is 0 Å². The molecule has 0 saturated carbocycles. The fourth-order valence-corrected chi connectivity index (χ4v) is 1.82. The lowest BCUT2D eigenvalue weighted by Crippen LogP contribution is -2.30. The molecule has 76 valence electrons. The standard InChI is InChI=1S/C9H14N4O/c10-9-7(6-14)5-12-13(9)8-1-3-11-4-2-8/h5-6,8,11H,1-4,10H2. The van der Waals surface area contributed by atoms with Gasteiger partial charge in [-0.25, -0.2) is 4.68 Å². The summed E-state index contributed by atoms with van der Waals surface area (Å²) < 4.78 is 1.77. The van der Waals surface area contributed by atoms with Crippen molar-refractivity contribution in [3.8, 4) is 0 Å². The van der Waals surface area contributed by atoms with Crippen molar-refractivity contribution in [1.82, 2.24) is 15.1 Å². The molecule has 14 heavy (non-hydrogen) atoms. The van der Waals surface area contributed by atoms with E-state index in [0.717, 1.165) is 32.2 Å². The van der Waals surface area contributed by atoms with Crippen LogP contribution >= 0.6 is 0 Å². The molecule has 1 fully saturated rings. The Labute approximate surface area is 82.3 Å². The van der Waals surface area contributed by atoms with E-state index < -0.39 is 0 Å². The third-order valence-electron chi connectivity index (χ3n) is 2.65. The van der Waals surface area contributed by atoms with Crippen molar-refractivity contribution in [2.24, 2.45) is 0 Å². The van der Waals surface area contributed by atoms with Crippen LogP contribution in [0.15, 0.2) is 6.20 Å². The number of hydrogen-bond acceptors (Lipinski definition) is 4. The first-order valence-corrected chi connectivity index (χ1v) is 4.82. The van der Waals surface area contributed by atoms with Crippen LogP contribution in [0.2, 0.25) is 0 Å². The number of aromatic nitrogens is 2. The maximum absolute atomic E-state index is 10.6. The molecule has 0 aromatic carbocycles. The van der Waals surface area contributed by atoms with Crippen LogP contribution < -0.4 is 11.1 Å². The monoisotopic (exact) mass is 194 g/mol. The number of carbonyl (C=O) groups is 1. The van der Waals surface area contributed by atoms with Crippen LogP contribution in [0.4, 0.5) is 5.82 Å². The Morgan fingerprint density at radius 1 is 1.57 bits per heavy atom. The minimum absolute atomic E-state index is 0.338. The number of nitrogens with one attached hydrogen (secondary N) is 1. The number of hydrogen-bond donors (Lipinski definition) is 2. The van der Waals surface area contributed by atoms with E-state index in [2.05, 4.69) is 10.4 Å². The zero-order valence-corrected chi connectivity index (χ0v) is 7.94. The highest BCUT2D eigenvalue weighted by Crippen LogP contribution is 2.22. The second kappa shape index (κ2) is 3.79. The third kappa shape index (κ3) is 1.50. The lowest BCUT2D eigenvalue weighted by Gasteiger charge is -2.23. The van der Waals surface area contributed by atoms with E-state index in [1.165, 1.54) is 6.20 Å². The van der Waals surface area contributed by atoms with E-state index in [9.17, 15) is 4.79 Å². The average molecular weight is 194 g/mol. The van der Waals surface area contributed by atoms with E-state index in [4.69, 9.17) is 5.73 Å². The first-order valence-electron chi connectivity index (χ1n) is 4.82. The number of rotatable bonds is 2. The molecule has 0 atom stereocenters. The first kappa shape index (κ1) is 9.21. The zero-order chi connectivity index (χ0) is 9.97. The first-order chi connectivity index (χ1) is 6.83. The Kier molecular flexibility index (Phi) is 2.49. The molecular weight excluding hydrogens is 180 g/mol. The molecule has 1 aromatic heterocycles. The Morgan fingerprint density at radius 2 is 2.29 bits per heavy atom. The van der Waals surface area contributed by atoms with Crippen LogP contribution in [-0.2, 0) is 0 Å². The van der Waals surface area contributed by atoms with Crippen molar-refractivity contribution in [2.75, 3.05) is 18.8 Å². The highest BCUT2D eigenvalue weighted by Gasteiger charge is 2.18. The SMILES string of the molecule is Nc1c(C=O)cnn1C1CCNCC1. The number of carbonyl (C=O) groups excluding carboxylic acids is 1. The molecule has 2 rings (SSSR count). The number of anilines is 1. The quantitative estimate of drug-likeness (QED) is 0.660. The molecule has 0 aliphatic carbocycles. The van der Waals surface area contributed by atoms with Gasteiger partial charge in [0.2, 0.25) is 0 Å². The molecule has 0 bridgehead atoms. The van der Waals surface area contributed by atoms with E-state index in [1.807, 2.05) is 0 Å². The maximum atomic E-state index is 10.6. The van der Waals surface area contributed by atoms with Crippen LogP contribution in [0.25, 0.3) is 0 Å². The summed E-state index contributed by atoms with van der Waals surface area (Å²) in [5, 5.41) is 7.42. The van der Waals surface area contributed by atoms with Gasteiger partial charge in [-0.2, -0.15) is 5.10 Å². The highest BCUT2D eigenvalue weighted by molar-refractivity contribution is 5.81. The van der Waals surface area contributed by atoms with E-state index in [-0.39, 0.29) is 0 Å². The normalized spacial score (nSPS) is 18.3.